The fourth-order valence-corrected chi connectivity index (χ4v) is 4.08. The topological polar surface area (TPSA) is 49.3 Å². The van der Waals surface area contributed by atoms with Gasteiger partial charge in [-0.25, -0.2) is 9.97 Å². The molecule has 2 aliphatic rings. The molecule has 2 saturated heterocycles. The van der Waals surface area contributed by atoms with Gasteiger partial charge in [0.25, 0.3) is 0 Å². The van der Waals surface area contributed by atoms with Crippen LogP contribution in [-0.2, 0) is 4.79 Å². The minimum Gasteiger partial charge on any atom is -0.356 e. The molecular weight excluding hydrogens is 296 g/mol. The summed E-state index contributed by atoms with van der Waals surface area (Å²) >= 11 is 1.95. The van der Waals surface area contributed by atoms with E-state index in [1.54, 1.807) is 0 Å². The fourth-order valence-electron chi connectivity index (χ4n) is 3.17. The van der Waals surface area contributed by atoms with E-state index in [2.05, 4.69) is 19.8 Å². The van der Waals surface area contributed by atoms with Crippen molar-refractivity contribution in [3.05, 3.63) is 18.1 Å². The molecule has 1 amide bonds. The number of hydrogen-bond acceptors (Lipinski definition) is 5. The van der Waals surface area contributed by atoms with Crippen LogP contribution in [0.4, 0.5) is 5.82 Å². The predicted octanol–water partition coefficient (Wildman–Crippen LogP) is 1.97. The van der Waals surface area contributed by atoms with Crippen molar-refractivity contribution in [2.75, 3.05) is 42.6 Å². The van der Waals surface area contributed by atoms with E-state index in [0.717, 1.165) is 68.6 Å². The second-order valence-electron chi connectivity index (χ2n) is 6.09. The summed E-state index contributed by atoms with van der Waals surface area (Å²) in [6, 6.07) is 1.98. The van der Waals surface area contributed by atoms with Crippen molar-refractivity contribution >= 4 is 23.5 Å². The molecule has 0 bridgehead atoms. The SMILES string of the molecule is Cc1nccc(N2CCC(CC(=O)N3CCSCC3)CC2)n1. The summed E-state index contributed by atoms with van der Waals surface area (Å²) < 4.78 is 0. The molecule has 0 spiro atoms. The molecule has 0 atom stereocenters. The number of amides is 1. The normalized spacial score (nSPS) is 20.2. The Labute approximate surface area is 136 Å². The number of aromatic nitrogens is 2. The molecule has 0 N–H and O–H groups in total. The zero-order valence-electron chi connectivity index (χ0n) is 13.2. The maximum atomic E-state index is 12.3. The predicted molar refractivity (Wildman–Crippen MR) is 90.2 cm³/mol. The van der Waals surface area contributed by atoms with E-state index in [0.29, 0.717) is 11.8 Å². The van der Waals surface area contributed by atoms with Crippen LogP contribution in [0.15, 0.2) is 12.3 Å². The summed E-state index contributed by atoms with van der Waals surface area (Å²) in [6.45, 7) is 5.77. The van der Waals surface area contributed by atoms with Crippen LogP contribution >= 0.6 is 11.8 Å². The number of anilines is 1. The van der Waals surface area contributed by atoms with Crippen molar-refractivity contribution in [3.63, 3.8) is 0 Å². The molecule has 0 unspecified atom stereocenters. The quantitative estimate of drug-likeness (QED) is 0.852. The molecule has 6 heteroatoms. The maximum Gasteiger partial charge on any atom is 0.222 e. The van der Waals surface area contributed by atoms with Gasteiger partial charge in [-0.1, -0.05) is 0 Å². The second-order valence-corrected chi connectivity index (χ2v) is 7.31. The molecule has 1 aromatic heterocycles. The third-order valence-corrected chi connectivity index (χ3v) is 5.47. The summed E-state index contributed by atoms with van der Waals surface area (Å²) in [7, 11) is 0. The van der Waals surface area contributed by atoms with Gasteiger partial charge in [0.15, 0.2) is 0 Å². The van der Waals surface area contributed by atoms with Gasteiger partial charge in [0, 0.05) is 50.3 Å². The first-order chi connectivity index (χ1) is 10.7. The van der Waals surface area contributed by atoms with Gasteiger partial charge in [0.2, 0.25) is 5.91 Å². The highest BCUT2D eigenvalue weighted by atomic mass is 32.2. The molecule has 1 aromatic rings. The number of nitrogens with zero attached hydrogens (tertiary/aromatic N) is 4. The molecule has 0 radical (unpaired) electrons. The van der Waals surface area contributed by atoms with Crippen LogP contribution in [0.3, 0.4) is 0 Å². The Morgan fingerprint density at radius 3 is 2.68 bits per heavy atom. The molecule has 0 saturated carbocycles. The van der Waals surface area contributed by atoms with E-state index in [4.69, 9.17) is 0 Å². The van der Waals surface area contributed by atoms with Crippen molar-refractivity contribution in [1.29, 1.82) is 0 Å². The van der Waals surface area contributed by atoms with Crippen LogP contribution < -0.4 is 4.90 Å². The Morgan fingerprint density at radius 2 is 2.00 bits per heavy atom. The van der Waals surface area contributed by atoms with Crippen LogP contribution in [0.5, 0.6) is 0 Å². The standard InChI is InChI=1S/C16H24N4OS/c1-13-17-5-2-15(18-13)19-6-3-14(4-7-19)12-16(21)20-8-10-22-11-9-20/h2,5,14H,3-4,6-12H2,1H3. The van der Waals surface area contributed by atoms with Crippen LogP contribution in [0.25, 0.3) is 0 Å². The Bertz CT molecular complexity index is 511. The number of hydrogen-bond donors (Lipinski definition) is 0. The van der Waals surface area contributed by atoms with Crippen LogP contribution in [0.2, 0.25) is 0 Å². The number of carbonyl (C=O) groups excluding carboxylic acids is 1. The average molecular weight is 320 g/mol. The molecule has 120 valence electrons. The van der Waals surface area contributed by atoms with Crippen molar-refractivity contribution in [1.82, 2.24) is 14.9 Å². The van der Waals surface area contributed by atoms with Crippen molar-refractivity contribution < 1.29 is 4.79 Å². The third-order valence-electron chi connectivity index (χ3n) is 4.53. The van der Waals surface area contributed by atoms with Gasteiger partial charge in [0.05, 0.1) is 0 Å². The lowest BCUT2D eigenvalue weighted by Gasteiger charge is -2.34. The average Bonchev–Trinajstić information content (AvgIpc) is 2.56. The zero-order chi connectivity index (χ0) is 15.4. The van der Waals surface area contributed by atoms with Gasteiger partial charge in [-0.3, -0.25) is 4.79 Å². The molecule has 0 aromatic carbocycles. The summed E-state index contributed by atoms with van der Waals surface area (Å²) in [5.41, 5.74) is 0. The number of carbonyl (C=O) groups is 1. The Balaban J connectivity index is 1.48. The molecule has 3 rings (SSSR count). The second kappa shape index (κ2) is 7.31. The lowest BCUT2D eigenvalue weighted by molar-refractivity contribution is -0.132. The van der Waals surface area contributed by atoms with E-state index in [9.17, 15) is 4.79 Å². The number of aryl methyl sites for hydroxylation is 1. The van der Waals surface area contributed by atoms with Gasteiger partial charge >= 0.3 is 0 Å². The highest BCUT2D eigenvalue weighted by Crippen LogP contribution is 2.25. The van der Waals surface area contributed by atoms with Crippen molar-refractivity contribution in [2.24, 2.45) is 5.92 Å². The lowest BCUT2D eigenvalue weighted by atomic mass is 9.93. The molecule has 22 heavy (non-hydrogen) atoms. The van der Waals surface area contributed by atoms with Gasteiger partial charge in [-0.15, -0.1) is 0 Å². The minimum absolute atomic E-state index is 0.358. The summed E-state index contributed by atoms with van der Waals surface area (Å²) in [4.78, 5) is 25.4. The largest absolute Gasteiger partial charge is 0.356 e. The lowest BCUT2D eigenvalue weighted by Crippen LogP contribution is -2.40. The Kier molecular flexibility index (Phi) is 5.18. The van der Waals surface area contributed by atoms with Gasteiger partial charge in [-0.05, 0) is 31.7 Å². The maximum absolute atomic E-state index is 12.3. The zero-order valence-corrected chi connectivity index (χ0v) is 14.0. The van der Waals surface area contributed by atoms with Crippen LogP contribution in [0, 0.1) is 12.8 Å². The van der Waals surface area contributed by atoms with E-state index >= 15 is 0 Å². The highest BCUT2D eigenvalue weighted by Gasteiger charge is 2.25. The number of piperidine rings is 1. The number of rotatable bonds is 3. The van der Waals surface area contributed by atoms with E-state index in [1.807, 2.05) is 30.9 Å². The first-order valence-corrected chi connectivity index (χ1v) is 9.28. The van der Waals surface area contributed by atoms with Crippen molar-refractivity contribution in [2.45, 2.75) is 26.2 Å². The van der Waals surface area contributed by atoms with E-state index < -0.39 is 0 Å². The Hall–Kier alpha value is -1.30. The molecule has 2 fully saturated rings. The summed E-state index contributed by atoms with van der Waals surface area (Å²) in [5.74, 6) is 4.91. The van der Waals surface area contributed by atoms with E-state index in [1.165, 1.54) is 0 Å². The van der Waals surface area contributed by atoms with Crippen LogP contribution in [0.1, 0.15) is 25.1 Å². The molecular formula is C16H24N4OS. The molecule has 5 nitrogen and oxygen atoms in total. The first kappa shape index (κ1) is 15.6. The smallest absolute Gasteiger partial charge is 0.222 e. The highest BCUT2D eigenvalue weighted by molar-refractivity contribution is 7.99. The van der Waals surface area contributed by atoms with Crippen LogP contribution in [-0.4, -0.2) is 58.5 Å². The number of thioether (sulfide) groups is 1. The fraction of sp³-hybridized carbons (Fsp3) is 0.688. The summed E-state index contributed by atoms with van der Waals surface area (Å²) in [5, 5.41) is 0. The van der Waals surface area contributed by atoms with E-state index in [-0.39, 0.29) is 0 Å². The third kappa shape index (κ3) is 3.91. The molecule has 2 aliphatic heterocycles. The minimum atomic E-state index is 0.358. The van der Waals surface area contributed by atoms with Gasteiger partial charge < -0.3 is 9.80 Å². The Morgan fingerprint density at radius 1 is 1.27 bits per heavy atom. The van der Waals surface area contributed by atoms with Crippen molar-refractivity contribution in [3.8, 4) is 0 Å². The van der Waals surface area contributed by atoms with Gasteiger partial charge in [0.1, 0.15) is 11.6 Å². The van der Waals surface area contributed by atoms with Gasteiger partial charge in [-0.2, -0.15) is 11.8 Å². The first-order valence-electron chi connectivity index (χ1n) is 8.12. The summed E-state index contributed by atoms with van der Waals surface area (Å²) in [6.07, 6.45) is 4.71. The molecule has 3 heterocycles. The molecule has 0 aliphatic carbocycles. The monoisotopic (exact) mass is 320 g/mol.